The molecule has 0 atom stereocenters. The Morgan fingerprint density at radius 2 is 2.25 bits per heavy atom. The fourth-order valence-electron chi connectivity index (χ4n) is 0.715. The van der Waals surface area contributed by atoms with E-state index in [0.717, 1.165) is 6.07 Å². The zero-order valence-electron chi connectivity index (χ0n) is 5.95. The molecule has 0 saturated heterocycles. The van der Waals surface area contributed by atoms with E-state index in [-0.39, 0.29) is 17.0 Å². The third-order valence-electron chi connectivity index (χ3n) is 1.34. The van der Waals surface area contributed by atoms with Gasteiger partial charge in [0.25, 0.3) is 0 Å². The zero-order chi connectivity index (χ0) is 9.14. The molecule has 4 nitrogen and oxygen atoms in total. The number of benzene rings is 1. The quantitative estimate of drug-likeness (QED) is 0.488. The predicted octanol–water partition coefficient (Wildman–Crippen LogP) is 1.02. The summed E-state index contributed by atoms with van der Waals surface area (Å²) in [5, 5.41) is 8.99. The summed E-state index contributed by atoms with van der Waals surface area (Å²) in [4.78, 5) is 13.5. The maximum atomic E-state index is 11.3. The second-order valence-corrected chi connectivity index (χ2v) is 2.14. The van der Waals surface area contributed by atoms with E-state index < -0.39 is 5.97 Å². The molecule has 0 aliphatic heterocycles. The van der Waals surface area contributed by atoms with Crippen LogP contribution in [0, 0.1) is 0 Å². The van der Waals surface area contributed by atoms with Crippen LogP contribution in [0.1, 0.15) is 10.4 Å². The summed E-state index contributed by atoms with van der Waals surface area (Å²) < 4.78 is 11.3. The molecule has 1 rings (SSSR count). The van der Waals surface area contributed by atoms with Crippen molar-refractivity contribution in [2.45, 2.75) is 0 Å². The van der Waals surface area contributed by atoms with Crippen LogP contribution >= 0.6 is 0 Å². The van der Waals surface area contributed by atoms with Gasteiger partial charge >= 0.3 is 5.97 Å². The minimum Gasteiger partial charge on any atom is -0.506 e. The fourth-order valence-corrected chi connectivity index (χ4v) is 0.715. The molecular formula is C7H6FNO3. The van der Waals surface area contributed by atoms with E-state index in [0.29, 0.717) is 0 Å². The number of anilines is 1. The zero-order valence-corrected chi connectivity index (χ0v) is 5.95. The van der Waals surface area contributed by atoms with Gasteiger partial charge in [0.2, 0.25) is 0 Å². The standard InChI is InChI=1S/C7H6FNO3/c8-12-7(11)4-1-2-5(9)6(10)3-4/h1-3,10H,9H2. The molecule has 0 amide bonds. The second-order valence-electron chi connectivity index (χ2n) is 2.14. The Bertz CT molecular complexity index is 314. The maximum absolute atomic E-state index is 11.3. The van der Waals surface area contributed by atoms with Crippen LogP contribution in [0.4, 0.5) is 10.2 Å². The highest BCUT2D eigenvalue weighted by Crippen LogP contribution is 2.20. The average molecular weight is 171 g/mol. The highest BCUT2D eigenvalue weighted by molar-refractivity contribution is 5.90. The highest BCUT2D eigenvalue weighted by atomic mass is 19.3. The second kappa shape index (κ2) is 3.08. The predicted molar refractivity (Wildman–Crippen MR) is 39.0 cm³/mol. The van der Waals surface area contributed by atoms with Crippen LogP contribution in [0.3, 0.4) is 0 Å². The number of phenols is 1. The first-order valence-corrected chi connectivity index (χ1v) is 3.06. The lowest BCUT2D eigenvalue weighted by Gasteiger charge is -1.99. The van der Waals surface area contributed by atoms with E-state index in [1.165, 1.54) is 12.1 Å². The van der Waals surface area contributed by atoms with Crippen molar-refractivity contribution in [2.75, 3.05) is 5.73 Å². The van der Waals surface area contributed by atoms with Crippen molar-refractivity contribution in [3.63, 3.8) is 0 Å². The van der Waals surface area contributed by atoms with E-state index in [2.05, 4.69) is 4.94 Å². The van der Waals surface area contributed by atoms with Gasteiger partial charge in [-0.1, -0.05) is 0 Å². The third kappa shape index (κ3) is 1.45. The maximum Gasteiger partial charge on any atom is 0.379 e. The summed E-state index contributed by atoms with van der Waals surface area (Å²) in [5.41, 5.74) is 5.26. The minimum absolute atomic E-state index is 0.0933. The van der Waals surface area contributed by atoms with Crippen LogP contribution in [0.15, 0.2) is 18.2 Å². The lowest BCUT2D eigenvalue weighted by molar-refractivity contribution is -0.0788. The number of aromatic hydroxyl groups is 1. The molecular weight excluding hydrogens is 165 g/mol. The van der Waals surface area contributed by atoms with Gasteiger partial charge in [0.15, 0.2) is 0 Å². The number of phenolic OH excluding ortho intramolecular Hbond substituents is 1. The van der Waals surface area contributed by atoms with E-state index in [1.807, 2.05) is 0 Å². The molecule has 0 unspecified atom stereocenters. The van der Waals surface area contributed by atoms with Crippen molar-refractivity contribution in [3.8, 4) is 5.75 Å². The van der Waals surface area contributed by atoms with Crippen LogP contribution in [0.5, 0.6) is 5.75 Å². The Hall–Kier alpha value is -1.78. The molecule has 1 aromatic carbocycles. The minimum atomic E-state index is -1.16. The Balaban J connectivity index is 3.05. The lowest BCUT2D eigenvalue weighted by Crippen LogP contribution is -1.98. The highest BCUT2D eigenvalue weighted by Gasteiger charge is 2.09. The number of carbonyl (C=O) groups is 1. The van der Waals surface area contributed by atoms with Gasteiger partial charge in [0, 0.05) is 4.53 Å². The topological polar surface area (TPSA) is 72.6 Å². The van der Waals surface area contributed by atoms with Gasteiger partial charge in [0.05, 0.1) is 11.3 Å². The van der Waals surface area contributed by atoms with Gasteiger partial charge in [-0.05, 0) is 18.2 Å². The molecule has 0 heterocycles. The Kier molecular flexibility index (Phi) is 2.14. The molecule has 64 valence electrons. The van der Waals surface area contributed by atoms with Gasteiger partial charge in [-0.2, -0.15) is 0 Å². The Morgan fingerprint density at radius 3 is 2.75 bits per heavy atom. The summed E-state index contributed by atoms with van der Waals surface area (Å²) in [6, 6.07) is 3.55. The lowest BCUT2D eigenvalue weighted by atomic mass is 10.2. The number of nitrogens with two attached hydrogens (primary N) is 1. The Labute approximate surface area is 67.3 Å². The summed E-state index contributed by atoms with van der Waals surface area (Å²) in [6.45, 7) is 0. The van der Waals surface area contributed by atoms with Crippen molar-refractivity contribution >= 4 is 11.7 Å². The number of hydrogen-bond acceptors (Lipinski definition) is 4. The van der Waals surface area contributed by atoms with Gasteiger partial charge in [-0.25, -0.2) is 9.74 Å². The van der Waals surface area contributed by atoms with Crippen LogP contribution in [-0.2, 0) is 4.94 Å². The molecule has 12 heavy (non-hydrogen) atoms. The van der Waals surface area contributed by atoms with Crippen LogP contribution in [0.25, 0.3) is 0 Å². The smallest absolute Gasteiger partial charge is 0.379 e. The Morgan fingerprint density at radius 1 is 1.58 bits per heavy atom. The molecule has 0 saturated carbocycles. The van der Waals surface area contributed by atoms with Crippen molar-refractivity contribution in [2.24, 2.45) is 0 Å². The van der Waals surface area contributed by atoms with Crippen molar-refractivity contribution in [1.29, 1.82) is 0 Å². The van der Waals surface area contributed by atoms with E-state index in [4.69, 9.17) is 10.8 Å². The molecule has 0 fully saturated rings. The van der Waals surface area contributed by atoms with Gasteiger partial charge in [-0.3, -0.25) is 0 Å². The molecule has 0 bridgehead atoms. The van der Waals surface area contributed by atoms with Crippen molar-refractivity contribution in [1.82, 2.24) is 0 Å². The number of hydrogen-bond donors (Lipinski definition) is 2. The molecule has 0 aliphatic carbocycles. The van der Waals surface area contributed by atoms with Crippen molar-refractivity contribution < 1.29 is 19.4 Å². The van der Waals surface area contributed by atoms with E-state index in [9.17, 15) is 9.32 Å². The van der Waals surface area contributed by atoms with Crippen LogP contribution in [-0.4, -0.2) is 11.1 Å². The molecule has 3 N–H and O–H groups in total. The molecule has 0 spiro atoms. The van der Waals surface area contributed by atoms with E-state index >= 15 is 0 Å². The number of nitrogen functional groups attached to an aromatic ring is 1. The average Bonchev–Trinajstić information content (AvgIpc) is 2.08. The largest absolute Gasteiger partial charge is 0.506 e. The molecule has 0 aliphatic rings. The third-order valence-corrected chi connectivity index (χ3v) is 1.34. The summed E-state index contributed by atoms with van der Waals surface area (Å²) in [6.07, 6.45) is 0. The normalized spacial score (nSPS) is 9.42. The molecule has 5 heteroatoms. The first-order chi connectivity index (χ1) is 5.65. The molecule has 1 aromatic rings. The number of rotatable bonds is 1. The number of halogens is 1. The molecule has 0 aromatic heterocycles. The van der Waals surface area contributed by atoms with Gasteiger partial charge < -0.3 is 10.8 Å². The molecule has 0 radical (unpaired) electrons. The fraction of sp³-hybridized carbons (Fsp3) is 0. The first kappa shape index (κ1) is 8.32. The van der Waals surface area contributed by atoms with Crippen molar-refractivity contribution in [3.05, 3.63) is 23.8 Å². The van der Waals surface area contributed by atoms with Gasteiger partial charge in [-0.15, -0.1) is 0 Å². The van der Waals surface area contributed by atoms with Crippen LogP contribution in [0.2, 0.25) is 0 Å². The first-order valence-electron chi connectivity index (χ1n) is 3.06. The number of carbonyl (C=O) groups excluding carboxylic acids is 1. The van der Waals surface area contributed by atoms with Gasteiger partial charge in [0.1, 0.15) is 5.75 Å². The monoisotopic (exact) mass is 171 g/mol. The summed E-state index contributed by atoms with van der Waals surface area (Å²) in [7, 11) is 0. The summed E-state index contributed by atoms with van der Waals surface area (Å²) in [5.74, 6) is -1.44. The summed E-state index contributed by atoms with van der Waals surface area (Å²) >= 11 is 0. The van der Waals surface area contributed by atoms with E-state index in [1.54, 1.807) is 0 Å². The SMILES string of the molecule is Nc1ccc(C(=O)OF)cc1O. The van der Waals surface area contributed by atoms with Crippen LogP contribution < -0.4 is 5.73 Å².